The highest BCUT2D eigenvalue weighted by atomic mass is 32.2. The molecule has 0 bridgehead atoms. The number of carboxylic acid groups (broad SMARTS) is 1. The van der Waals surface area contributed by atoms with Crippen LogP contribution in [-0.2, 0) is 24.1 Å². The van der Waals surface area contributed by atoms with E-state index in [9.17, 15) is 18.3 Å². The number of nitrogens with zero attached hydrogens (tertiary/aromatic N) is 1. The molecular weight excluding hydrogens is 418 g/mol. The molecule has 166 valence electrons. The van der Waals surface area contributed by atoms with E-state index in [1.165, 1.54) is 12.1 Å². The largest absolute Gasteiger partial charge is 0.480 e. The van der Waals surface area contributed by atoms with Crippen molar-refractivity contribution in [2.24, 2.45) is 0 Å². The molecule has 7 nitrogen and oxygen atoms in total. The molecule has 2 saturated heterocycles. The molecule has 0 aromatic heterocycles. The van der Waals surface area contributed by atoms with Gasteiger partial charge in [-0.05, 0) is 38.1 Å². The molecule has 2 aliphatic heterocycles. The first kappa shape index (κ1) is 23.1. The van der Waals surface area contributed by atoms with Crippen LogP contribution in [0, 0.1) is 23.7 Å². The molecule has 31 heavy (non-hydrogen) atoms. The third kappa shape index (κ3) is 4.43. The van der Waals surface area contributed by atoms with Crippen molar-refractivity contribution in [3.63, 3.8) is 0 Å². The smallest absolute Gasteiger partial charge is 0.327 e. The Morgan fingerprint density at radius 1 is 1.06 bits per heavy atom. The van der Waals surface area contributed by atoms with Gasteiger partial charge >= 0.3 is 5.97 Å². The van der Waals surface area contributed by atoms with Crippen LogP contribution in [0.4, 0.5) is 5.69 Å². The number of hydrogen-bond donors (Lipinski definition) is 1. The monoisotopic (exact) mass is 445 g/mol. The molecule has 0 radical (unpaired) electrons. The maximum atomic E-state index is 13.4. The lowest BCUT2D eigenvalue weighted by Gasteiger charge is -2.38. The van der Waals surface area contributed by atoms with Gasteiger partial charge in [-0.1, -0.05) is 0 Å². The summed E-state index contributed by atoms with van der Waals surface area (Å²) in [5, 5.41) is 9.89. The second-order valence-corrected chi connectivity index (χ2v) is 9.86. The molecule has 0 saturated carbocycles. The average Bonchev–Trinajstić information content (AvgIpc) is 3.22. The Morgan fingerprint density at radius 2 is 1.58 bits per heavy atom. The standard InChI is InChI=1S/C23H27NO6S/c1-3-5-11-22(21(25)26,12-6-4-2)31(27,28)20-9-7-19(8-10-20)24-15-13-23(14-16-24)29-17-18-30-23/h7-10H,11-18H2,1-2H3,(H,25,26). The third-order valence-electron chi connectivity index (χ3n) is 5.86. The minimum atomic E-state index is -4.24. The Hall–Kier alpha value is -2.52. The molecule has 8 heteroatoms. The summed E-state index contributed by atoms with van der Waals surface area (Å²) < 4.78 is 36.2. The van der Waals surface area contributed by atoms with Gasteiger partial charge < -0.3 is 19.5 Å². The van der Waals surface area contributed by atoms with Gasteiger partial charge in [0.25, 0.3) is 0 Å². The van der Waals surface area contributed by atoms with Gasteiger partial charge in [0.1, 0.15) is 0 Å². The van der Waals surface area contributed by atoms with E-state index in [0.717, 1.165) is 31.6 Å². The maximum absolute atomic E-state index is 13.4. The molecule has 0 amide bonds. The number of carboxylic acids is 1. The van der Waals surface area contributed by atoms with E-state index < -0.39 is 26.3 Å². The van der Waals surface area contributed by atoms with Crippen molar-refractivity contribution in [3.05, 3.63) is 24.3 Å². The lowest BCUT2D eigenvalue weighted by molar-refractivity contribution is -0.169. The number of ether oxygens (including phenoxy) is 2. The van der Waals surface area contributed by atoms with E-state index in [-0.39, 0.29) is 17.7 Å². The van der Waals surface area contributed by atoms with Gasteiger partial charge in [0.2, 0.25) is 0 Å². The Morgan fingerprint density at radius 3 is 2.03 bits per heavy atom. The van der Waals surface area contributed by atoms with Gasteiger partial charge in [0.05, 0.1) is 18.1 Å². The second-order valence-electron chi connectivity index (χ2n) is 7.60. The maximum Gasteiger partial charge on any atom is 0.327 e. The lowest BCUT2D eigenvalue weighted by Crippen LogP contribution is -2.46. The highest BCUT2D eigenvalue weighted by Gasteiger charge is 2.51. The fraction of sp³-hybridized carbons (Fsp3) is 0.522. The minimum Gasteiger partial charge on any atom is -0.480 e. The van der Waals surface area contributed by atoms with E-state index >= 15 is 0 Å². The molecule has 1 aromatic carbocycles. The predicted molar refractivity (Wildman–Crippen MR) is 116 cm³/mol. The van der Waals surface area contributed by atoms with Crippen molar-refractivity contribution >= 4 is 21.5 Å². The number of benzene rings is 1. The summed E-state index contributed by atoms with van der Waals surface area (Å²) in [4.78, 5) is 14.2. The number of hydrogen-bond acceptors (Lipinski definition) is 6. The van der Waals surface area contributed by atoms with Crippen molar-refractivity contribution < 1.29 is 27.8 Å². The zero-order valence-corrected chi connectivity index (χ0v) is 18.6. The van der Waals surface area contributed by atoms with E-state index in [1.807, 2.05) is 0 Å². The average molecular weight is 446 g/mol. The first-order chi connectivity index (χ1) is 14.8. The van der Waals surface area contributed by atoms with Gasteiger partial charge in [-0.2, -0.15) is 0 Å². The van der Waals surface area contributed by atoms with Crippen molar-refractivity contribution in [1.29, 1.82) is 0 Å². The normalized spacial score (nSPS) is 18.1. The van der Waals surface area contributed by atoms with Crippen LogP contribution in [0.5, 0.6) is 0 Å². The highest BCUT2D eigenvalue weighted by molar-refractivity contribution is 7.93. The summed E-state index contributed by atoms with van der Waals surface area (Å²) in [5.41, 5.74) is 0.870. The van der Waals surface area contributed by atoms with Gasteiger partial charge in [-0.15, -0.1) is 23.7 Å². The predicted octanol–water partition coefficient (Wildman–Crippen LogP) is 2.45. The quantitative estimate of drug-likeness (QED) is 0.673. The number of sulfone groups is 1. The zero-order valence-electron chi connectivity index (χ0n) is 17.8. The SMILES string of the molecule is CC#CCC(CC#CC)(C(=O)O)S(=O)(=O)c1ccc(N2CCC3(CC2)OCCO3)cc1. The van der Waals surface area contributed by atoms with E-state index in [1.54, 1.807) is 26.0 Å². The molecule has 3 rings (SSSR count). The summed E-state index contributed by atoms with van der Waals surface area (Å²) in [6, 6.07) is 6.36. The number of anilines is 1. The van der Waals surface area contributed by atoms with Gasteiger partial charge in [-0.3, -0.25) is 4.79 Å². The number of aliphatic carboxylic acids is 1. The van der Waals surface area contributed by atoms with Gasteiger partial charge in [0, 0.05) is 44.5 Å². The van der Waals surface area contributed by atoms with E-state index in [2.05, 4.69) is 28.6 Å². The fourth-order valence-electron chi connectivity index (χ4n) is 3.93. The molecular formula is C23H27NO6S. The second kappa shape index (κ2) is 9.32. The number of piperidine rings is 1. The van der Waals surface area contributed by atoms with Crippen LogP contribution >= 0.6 is 0 Å². The molecule has 2 fully saturated rings. The van der Waals surface area contributed by atoms with Crippen LogP contribution in [0.2, 0.25) is 0 Å². The summed E-state index contributed by atoms with van der Waals surface area (Å²) in [6.07, 6.45) is 0.818. The van der Waals surface area contributed by atoms with Crippen LogP contribution in [-0.4, -0.2) is 56.3 Å². The summed E-state index contributed by atoms with van der Waals surface area (Å²) >= 11 is 0. The van der Waals surface area contributed by atoms with Crippen LogP contribution in [0.15, 0.2) is 29.2 Å². The zero-order chi connectivity index (χ0) is 22.5. The molecule has 0 atom stereocenters. The molecule has 1 N–H and O–H groups in total. The minimum absolute atomic E-state index is 0.0506. The summed E-state index contributed by atoms with van der Waals surface area (Å²) in [7, 11) is -4.24. The molecule has 0 unspecified atom stereocenters. The lowest BCUT2D eigenvalue weighted by atomic mass is 10.0. The molecule has 2 heterocycles. The topological polar surface area (TPSA) is 93.1 Å². The van der Waals surface area contributed by atoms with Crippen molar-refractivity contribution in [1.82, 2.24) is 0 Å². The molecule has 1 aromatic rings. The van der Waals surface area contributed by atoms with Crippen LogP contribution in [0.25, 0.3) is 0 Å². The van der Waals surface area contributed by atoms with Crippen molar-refractivity contribution in [3.8, 4) is 23.7 Å². The first-order valence-corrected chi connectivity index (χ1v) is 11.7. The van der Waals surface area contributed by atoms with Crippen molar-refractivity contribution in [2.75, 3.05) is 31.2 Å². The van der Waals surface area contributed by atoms with Crippen LogP contribution in [0.3, 0.4) is 0 Å². The summed E-state index contributed by atoms with van der Waals surface area (Å²) in [5.74, 6) is 8.53. The van der Waals surface area contributed by atoms with Gasteiger partial charge in [-0.25, -0.2) is 8.42 Å². The summed E-state index contributed by atoms with van der Waals surface area (Å²) in [6.45, 7) is 5.77. The van der Waals surface area contributed by atoms with Crippen LogP contribution in [0.1, 0.15) is 39.5 Å². The molecule has 1 spiro atoms. The highest BCUT2D eigenvalue weighted by Crippen LogP contribution is 2.36. The van der Waals surface area contributed by atoms with E-state index in [4.69, 9.17) is 9.47 Å². The Labute approximate surface area is 183 Å². The van der Waals surface area contributed by atoms with Gasteiger partial charge in [0.15, 0.2) is 20.4 Å². The van der Waals surface area contributed by atoms with Crippen LogP contribution < -0.4 is 4.90 Å². The Bertz CT molecular complexity index is 1000. The number of rotatable bonds is 6. The van der Waals surface area contributed by atoms with Crippen molar-refractivity contribution in [2.45, 2.75) is 55.0 Å². The third-order valence-corrected chi connectivity index (χ3v) is 8.24. The first-order valence-electron chi connectivity index (χ1n) is 10.2. The van der Waals surface area contributed by atoms with E-state index in [0.29, 0.717) is 13.2 Å². The molecule has 2 aliphatic rings. The Balaban J connectivity index is 1.85. The fourth-order valence-corrected chi connectivity index (χ4v) is 5.63. The Kier molecular flexibility index (Phi) is 6.96. The number of carbonyl (C=O) groups is 1. The molecule has 0 aliphatic carbocycles.